The minimum absolute atomic E-state index is 0.112. The van der Waals surface area contributed by atoms with Gasteiger partial charge in [0.25, 0.3) is 0 Å². The van der Waals surface area contributed by atoms with Crippen LogP contribution in [0.15, 0.2) is 207 Å². The van der Waals surface area contributed by atoms with Crippen LogP contribution in [0.2, 0.25) is 0 Å². The van der Waals surface area contributed by atoms with Crippen molar-refractivity contribution in [1.29, 1.82) is 0 Å². The minimum Gasteiger partial charge on any atom is -0.296 e. The van der Waals surface area contributed by atoms with E-state index in [0.29, 0.717) is 0 Å². The highest BCUT2D eigenvalue weighted by Gasteiger charge is 2.36. The number of aryl methyl sites for hydroxylation is 20. The number of hydrogen-bond donors (Lipinski definition) is 0. The fourth-order valence-electron chi connectivity index (χ4n) is 23.4. The number of imidazole rings is 6. The second-order valence-corrected chi connectivity index (χ2v) is 36.7. The van der Waals surface area contributed by atoms with Crippen LogP contribution in [0.4, 0.5) is 0 Å². The summed E-state index contributed by atoms with van der Waals surface area (Å²) in [6, 6.07) is 60.9. The van der Waals surface area contributed by atoms with E-state index in [-0.39, 0.29) is 5.41 Å². The Morgan fingerprint density at radius 3 is 1.19 bits per heavy atom. The van der Waals surface area contributed by atoms with E-state index >= 15 is 0 Å². The summed E-state index contributed by atoms with van der Waals surface area (Å²) < 4.78 is 14.3. The molecule has 0 unspecified atom stereocenters. The SMILES string of the molecule is Cc1nc2c3ccccc3c3c(C)ccc4c3n2c1C(C)(C)C4.Cc1nc2c3ccccc3c3c(C)ccc4c3n2c1CC4.Cc1nc2c3ccccc3c3c(C)ncc4c3n2c1CC4.Cc1nc2c3cccnc3c3c(C)ccc4c3n2c1CC4.Cc1nc2c3ccncc3c3c(C)ccc4c3n2c1CC4.c1ccc2c(c1)c1nccc3c1n1c(cnc21)CC3. The molecule has 0 fully saturated rings. The van der Waals surface area contributed by atoms with Crippen molar-refractivity contribution in [3.05, 3.63) is 331 Å². The quantitative estimate of drug-likeness (QED) is 0.134. The van der Waals surface area contributed by atoms with E-state index in [0.717, 1.165) is 144 Å². The lowest BCUT2D eigenvalue weighted by Gasteiger charge is -2.32. The summed E-state index contributed by atoms with van der Waals surface area (Å²) in [5.74, 6) is 0. The maximum atomic E-state index is 4.98. The van der Waals surface area contributed by atoms with Gasteiger partial charge in [-0.05, 0) is 236 Å². The number of benzene rings is 8. The molecular formula is C110H92N16. The number of aromatic nitrogens is 16. The zero-order valence-electron chi connectivity index (χ0n) is 73.1. The van der Waals surface area contributed by atoms with Gasteiger partial charge in [0.1, 0.15) is 33.9 Å². The Hall–Kier alpha value is -14.4. The molecule has 24 aromatic rings. The second kappa shape index (κ2) is 27.3. The summed E-state index contributed by atoms with van der Waals surface area (Å²) in [5, 5.41) is 20.3. The Morgan fingerprint density at radius 1 is 0.246 bits per heavy atom. The van der Waals surface area contributed by atoms with Crippen LogP contribution in [0.3, 0.4) is 0 Å². The molecule has 0 saturated heterocycles. The lowest BCUT2D eigenvalue weighted by molar-refractivity contribution is 0.491. The van der Waals surface area contributed by atoms with Gasteiger partial charge in [0.15, 0.2) is 0 Å². The summed E-state index contributed by atoms with van der Waals surface area (Å²) in [7, 11) is 0. The van der Waals surface area contributed by atoms with Crippen molar-refractivity contribution in [3.8, 4) is 0 Å². The highest BCUT2D eigenvalue weighted by atomic mass is 15.1. The molecule has 22 heterocycles. The zero-order chi connectivity index (χ0) is 84.9. The molecule has 8 aromatic carbocycles. The van der Waals surface area contributed by atoms with Gasteiger partial charge in [0, 0.05) is 147 Å². The van der Waals surface area contributed by atoms with E-state index in [4.69, 9.17) is 24.9 Å². The molecule has 0 atom stereocenters. The van der Waals surface area contributed by atoms with E-state index in [1.165, 1.54) is 215 Å². The van der Waals surface area contributed by atoms with E-state index in [1.807, 2.05) is 43.2 Å². The van der Waals surface area contributed by atoms with Crippen LogP contribution >= 0.6 is 0 Å². The summed E-state index contributed by atoms with van der Waals surface area (Å²) >= 11 is 0. The molecule has 6 aliphatic rings. The Morgan fingerprint density at radius 2 is 0.643 bits per heavy atom. The van der Waals surface area contributed by atoms with E-state index in [9.17, 15) is 0 Å². The Bertz CT molecular complexity index is 8310. The fraction of sp³-hybridized carbons (Fsp3) is 0.218. The van der Waals surface area contributed by atoms with Crippen LogP contribution in [0.25, 0.3) is 164 Å². The Balaban J connectivity index is 0.0000000825. The summed E-state index contributed by atoms with van der Waals surface area (Å²) in [6.07, 6.45) is 23.6. The van der Waals surface area contributed by atoms with Gasteiger partial charge >= 0.3 is 0 Å². The van der Waals surface area contributed by atoms with Gasteiger partial charge in [-0.2, -0.15) is 0 Å². The Kier molecular flexibility index (Phi) is 16.1. The summed E-state index contributed by atoms with van der Waals surface area (Å²) in [5.41, 5.74) is 45.6. The van der Waals surface area contributed by atoms with Crippen LogP contribution in [0.5, 0.6) is 0 Å². The first-order valence-corrected chi connectivity index (χ1v) is 44.7. The fourth-order valence-corrected chi connectivity index (χ4v) is 23.4. The number of hydrogen-bond acceptors (Lipinski definition) is 10. The van der Waals surface area contributed by atoms with Crippen molar-refractivity contribution in [2.45, 2.75) is 159 Å². The molecule has 16 aromatic heterocycles. The molecule has 0 radical (unpaired) electrons. The van der Waals surface area contributed by atoms with Crippen molar-refractivity contribution in [3.63, 3.8) is 0 Å². The first-order valence-electron chi connectivity index (χ1n) is 44.7. The predicted octanol–water partition coefficient (Wildman–Crippen LogP) is 23.8. The third kappa shape index (κ3) is 10.5. The third-order valence-electron chi connectivity index (χ3n) is 28.9. The molecule has 0 spiro atoms. The number of rotatable bonds is 0. The van der Waals surface area contributed by atoms with Gasteiger partial charge in [-0.1, -0.05) is 159 Å². The highest BCUT2D eigenvalue weighted by molar-refractivity contribution is 6.19. The third-order valence-corrected chi connectivity index (χ3v) is 28.9. The number of nitrogens with zero attached hydrogens (tertiary/aromatic N) is 16. The van der Waals surface area contributed by atoms with Crippen LogP contribution in [0, 0.1) is 69.2 Å². The Labute approximate surface area is 726 Å². The first kappa shape index (κ1) is 74.3. The monoisotopic (exact) mass is 1640 g/mol. The minimum atomic E-state index is 0.112. The van der Waals surface area contributed by atoms with E-state index in [1.54, 1.807) is 0 Å². The standard InChI is InChI=1S/C21H20N2.C19H16N2.3C18H15N3.C16H11N3/c1-12-9-10-14-11-21(3,4)19-13(2)22-20-16-8-6-5-7-15(16)17(12)18(14)23(19)20;1-11-7-8-13-9-10-16-12(2)20-19-15-6-4-3-5-14(15)17(11)18(13)21(16)19;1-10-3-4-12-5-6-15-11(2)20-18-13-7-8-19-9-14(13)16(10)17(12)21(15)18;1-10-5-6-12-7-8-14-11(2)20-18-13-4-3-9-19-16(13)15(10)17(12)21(14)18;1-10-15-8-7-12-9-19-11(2)16-13-5-3-4-6-14(13)18(20-10)21(15)17(12)16;1-2-4-13-12(3-1)14-15-10(7-8-17-14)5-6-11-9-18-16(13)19(11)15/h5-10H,11H2,1-4H3;3-8H,9-10H2,1-2H3;3-4,7-9H,5-6H2,1-2H3;2*3-6,9H,7-8H2,1-2H3;1-4,7-9H,5-6H2. The maximum absolute atomic E-state index is 4.98. The maximum Gasteiger partial charge on any atom is 0.147 e. The molecule has 0 aliphatic carbocycles. The van der Waals surface area contributed by atoms with Gasteiger partial charge in [0.2, 0.25) is 0 Å². The molecule has 0 N–H and O–H groups in total. The van der Waals surface area contributed by atoms with Crippen molar-refractivity contribution in [2.24, 2.45) is 0 Å². The molecule has 0 amide bonds. The predicted molar refractivity (Wildman–Crippen MR) is 514 cm³/mol. The lowest BCUT2D eigenvalue weighted by Crippen LogP contribution is -2.28. The molecule has 16 nitrogen and oxygen atoms in total. The molecule has 0 saturated carbocycles. The molecule has 30 rings (SSSR count). The van der Waals surface area contributed by atoms with Crippen molar-refractivity contribution >= 4 is 164 Å². The van der Waals surface area contributed by atoms with Crippen LogP contribution in [-0.4, -0.2) is 76.2 Å². The first-order chi connectivity index (χ1) is 61.4. The molecule has 16 heteroatoms. The van der Waals surface area contributed by atoms with Crippen LogP contribution in [-0.2, 0) is 76.0 Å². The van der Waals surface area contributed by atoms with Gasteiger partial charge < -0.3 is 0 Å². The average Bonchev–Trinajstić information content (AvgIpc) is 1.52. The van der Waals surface area contributed by atoms with Gasteiger partial charge in [0.05, 0.1) is 78.3 Å². The van der Waals surface area contributed by atoms with Crippen molar-refractivity contribution < 1.29 is 0 Å². The topological polar surface area (TPSA) is 155 Å². The smallest absolute Gasteiger partial charge is 0.147 e. The lowest BCUT2D eigenvalue weighted by atomic mass is 9.78. The molecule has 6 aliphatic heterocycles. The van der Waals surface area contributed by atoms with Gasteiger partial charge in [-0.25, -0.2) is 29.9 Å². The zero-order valence-corrected chi connectivity index (χ0v) is 73.1. The largest absolute Gasteiger partial charge is 0.296 e. The van der Waals surface area contributed by atoms with Crippen molar-refractivity contribution in [2.75, 3.05) is 0 Å². The van der Waals surface area contributed by atoms with Crippen LogP contribution in [0.1, 0.15) is 138 Å². The van der Waals surface area contributed by atoms with E-state index in [2.05, 4.69) is 298 Å². The number of fused-ring (bicyclic) bond motifs is 18. The molecule has 0 bridgehead atoms. The summed E-state index contributed by atoms with van der Waals surface area (Å²) in [4.78, 5) is 47.4. The average molecular weight is 1640 g/mol. The molecular weight excluding hydrogens is 1550 g/mol. The van der Waals surface area contributed by atoms with E-state index < -0.39 is 0 Å². The molecule has 612 valence electrons. The molecule has 126 heavy (non-hydrogen) atoms. The second-order valence-electron chi connectivity index (χ2n) is 36.7. The number of pyridine rings is 10. The normalized spacial score (nSPS) is 14.2. The van der Waals surface area contributed by atoms with Crippen LogP contribution < -0.4 is 0 Å². The highest BCUT2D eigenvalue weighted by Crippen LogP contribution is 2.47. The van der Waals surface area contributed by atoms with Crippen molar-refractivity contribution in [1.82, 2.24) is 76.2 Å². The summed E-state index contributed by atoms with van der Waals surface area (Å²) in [6.45, 7) is 26.3. The van der Waals surface area contributed by atoms with Gasteiger partial charge in [-0.15, -0.1) is 0 Å². The van der Waals surface area contributed by atoms with Gasteiger partial charge in [-0.3, -0.25) is 46.3 Å².